The van der Waals surface area contributed by atoms with E-state index in [2.05, 4.69) is 25.8 Å². The maximum absolute atomic E-state index is 5.91. The minimum atomic E-state index is -0.0240. The Morgan fingerprint density at radius 2 is 2.00 bits per heavy atom. The summed E-state index contributed by atoms with van der Waals surface area (Å²) in [5, 5.41) is 0. The van der Waals surface area contributed by atoms with Gasteiger partial charge in [-0.2, -0.15) is 0 Å². The molecule has 0 radical (unpaired) electrons. The first kappa shape index (κ1) is 11.2. The smallest absolute Gasteiger partial charge is 0.220 e. The van der Waals surface area contributed by atoms with Gasteiger partial charge in [-0.1, -0.05) is 20.8 Å². The van der Waals surface area contributed by atoms with Crippen molar-refractivity contribution in [1.29, 1.82) is 0 Å². The van der Waals surface area contributed by atoms with E-state index in [-0.39, 0.29) is 5.41 Å². The van der Waals surface area contributed by atoms with Gasteiger partial charge in [0, 0.05) is 6.20 Å². The van der Waals surface area contributed by atoms with E-state index >= 15 is 0 Å². The Bertz CT molecular complexity index is 378. The third kappa shape index (κ3) is 2.29. The van der Waals surface area contributed by atoms with E-state index in [1.807, 2.05) is 6.07 Å². The van der Waals surface area contributed by atoms with Crippen molar-refractivity contribution in [1.82, 2.24) is 4.98 Å². The molecule has 1 fully saturated rings. The number of aromatic nitrogens is 1. The van der Waals surface area contributed by atoms with Crippen molar-refractivity contribution in [3.8, 4) is 11.6 Å². The average molecular weight is 221 g/mol. The van der Waals surface area contributed by atoms with Crippen LogP contribution < -0.4 is 9.47 Å². The van der Waals surface area contributed by atoms with E-state index in [9.17, 15) is 0 Å². The summed E-state index contributed by atoms with van der Waals surface area (Å²) >= 11 is 0. The first-order chi connectivity index (χ1) is 7.52. The maximum Gasteiger partial charge on any atom is 0.220 e. The normalized spacial score (nSPS) is 16.0. The molecule has 16 heavy (non-hydrogen) atoms. The predicted molar refractivity (Wildman–Crippen MR) is 63.1 cm³/mol. The van der Waals surface area contributed by atoms with Crippen LogP contribution in [0.15, 0.2) is 12.3 Å². The molecule has 0 saturated heterocycles. The standard InChI is InChI=1S/C13H19NO2/c1-13(2,3)11-10(16-9-5-6-9)7-8-14-12(11)15-4/h7-9H,5-6H2,1-4H3. The average Bonchev–Trinajstić information content (AvgIpc) is 2.99. The van der Waals surface area contributed by atoms with Crippen LogP contribution in [0.25, 0.3) is 0 Å². The molecule has 3 nitrogen and oxygen atoms in total. The minimum absolute atomic E-state index is 0.0240. The Kier molecular flexibility index (Phi) is 2.78. The third-order valence-electron chi connectivity index (χ3n) is 2.64. The second-order valence-electron chi connectivity index (χ2n) is 5.26. The molecule has 1 heterocycles. The summed E-state index contributed by atoms with van der Waals surface area (Å²) in [6, 6.07) is 1.93. The number of rotatable bonds is 3. The molecule has 0 N–H and O–H groups in total. The first-order valence-electron chi connectivity index (χ1n) is 5.72. The summed E-state index contributed by atoms with van der Waals surface area (Å²) in [5.41, 5.74) is 1.04. The second kappa shape index (κ2) is 3.96. The van der Waals surface area contributed by atoms with E-state index in [1.165, 1.54) is 0 Å². The van der Waals surface area contributed by atoms with Gasteiger partial charge in [0.1, 0.15) is 5.75 Å². The van der Waals surface area contributed by atoms with Crippen LogP contribution in [0, 0.1) is 0 Å². The fourth-order valence-electron chi connectivity index (χ4n) is 1.73. The molecule has 1 aromatic rings. The molecule has 0 aromatic carbocycles. The molecule has 1 saturated carbocycles. The highest BCUT2D eigenvalue weighted by Gasteiger charge is 2.29. The van der Waals surface area contributed by atoms with E-state index in [0.29, 0.717) is 12.0 Å². The molecule has 1 aromatic heterocycles. The lowest BCUT2D eigenvalue weighted by Crippen LogP contribution is -2.16. The Labute approximate surface area is 96.8 Å². The van der Waals surface area contributed by atoms with E-state index in [4.69, 9.17) is 9.47 Å². The highest BCUT2D eigenvalue weighted by Crippen LogP contribution is 2.39. The molecule has 0 bridgehead atoms. The van der Waals surface area contributed by atoms with Crippen LogP contribution in [-0.4, -0.2) is 18.2 Å². The fourth-order valence-corrected chi connectivity index (χ4v) is 1.73. The van der Waals surface area contributed by atoms with Gasteiger partial charge in [0.2, 0.25) is 5.88 Å². The van der Waals surface area contributed by atoms with Gasteiger partial charge in [0.25, 0.3) is 0 Å². The van der Waals surface area contributed by atoms with Crippen LogP contribution in [0.3, 0.4) is 0 Å². The topological polar surface area (TPSA) is 31.4 Å². The highest BCUT2D eigenvalue weighted by molar-refractivity contribution is 5.44. The van der Waals surface area contributed by atoms with E-state index < -0.39 is 0 Å². The molecule has 1 aliphatic rings. The van der Waals surface area contributed by atoms with Gasteiger partial charge >= 0.3 is 0 Å². The van der Waals surface area contributed by atoms with Crippen molar-refractivity contribution < 1.29 is 9.47 Å². The number of hydrogen-bond donors (Lipinski definition) is 0. The number of nitrogens with zero attached hydrogens (tertiary/aromatic N) is 1. The Balaban J connectivity index is 2.41. The quantitative estimate of drug-likeness (QED) is 0.786. The van der Waals surface area contributed by atoms with Gasteiger partial charge in [0.15, 0.2) is 0 Å². The summed E-state index contributed by atoms with van der Waals surface area (Å²) < 4.78 is 11.2. The van der Waals surface area contributed by atoms with E-state index in [1.54, 1.807) is 13.3 Å². The molecular weight excluding hydrogens is 202 g/mol. The van der Waals surface area contributed by atoms with Crippen molar-refractivity contribution >= 4 is 0 Å². The SMILES string of the molecule is COc1nccc(OC2CC2)c1C(C)(C)C. The largest absolute Gasteiger partial charge is 0.490 e. The lowest BCUT2D eigenvalue weighted by Gasteiger charge is -2.24. The van der Waals surface area contributed by atoms with Crippen molar-refractivity contribution in [3.05, 3.63) is 17.8 Å². The molecule has 0 atom stereocenters. The summed E-state index contributed by atoms with van der Waals surface area (Å²) in [6.45, 7) is 6.44. The molecule has 1 aliphatic carbocycles. The van der Waals surface area contributed by atoms with Crippen LogP contribution >= 0.6 is 0 Å². The molecular formula is C13H19NO2. The van der Waals surface area contributed by atoms with Crippen LogP contribution in [0.1, 0.15) is 39.2 Å². The summed E-state index contributed by atoms with van der Waals surface area (Å²) in [7, 11) is 1.65. The Hall–Kier alpha value is -1.25. The van der Waals surface area contributed by atoms with Crippen molar-refractivity contribution in [2.24, 2.45) is 0 Å². The van der Waals surface area contributed by atoms with E-state index in [0.717, 1.165) is 24.2 Å². The maximum atomic E-state index is 5.91. The summed E-state index contributed by atoms with van der Waals surface area (Å²) in [4.78, 5) is 4.25. The molecule has 2 rings (SSSR count). The number of ether oxygens (including phenoxy) is 2. The molecule has 3 heteroatoms. The van der Waals surface area contributed by atoms with Crippen LogP contribution in [0.5, 0.6) is 11.6 Å². The van der Waals surface area contributed by atoms with Crippen LogP contribution in [-0.2, 0) is 5.41 Å². The number of pyridine rings is 1. The second-order valence-corrected chi connectivity index (χ2v) is 5.26. The van der Waals surface area contributed by atoms with Crippen LogP contribution in [0.2, 0.25) is 0 Å². The molecule has 0 aliphatic heterocycles. The minimum Gasteiger partial charge on any atom is -0.490 e. The molecule has 0 spiro atoms. The lowest BCUT2D eigenvalue weighted by molar-refractivity contribution is 0.287. The Morgan fingerprint density at radius 1 is 1.31 bits per heavy atom. The van der Waals surface area contributed by atoms with Crippen molar-refractivity contribution in [3.63, 3.8) is 0 Å². The highest BCUT2D eigenvalue weighted by atomic mass is 16.5. The van der Waals surface area contributed by atoms with Gasteiger partial charge in [-0.15, -0.1) is 0 Å². The Morgan fingerprint density at radius 3 is 2.50 bits per heavy atom. The van der Waals surface area contributed by atoms with Gasteiger partial charge < -0.3 is 9.47 Å². The zero-order valence-electron chi connectivity index (χ0n) is 10.4. The zero-order chi connectivity index (χ0) is 11.8. The number of hydrogen-bond acceptors (Lipinski definition) is 3. The summed E-state index contributed by atoms with van der Waals surface area (Å²) in [5.74, 6) is 1.59. The monoisotopic (exact) mass is 221 g/mol. The fraction of sp³-hybridized carbons (Fsp3) is 0.615. The van der Waals surface area contributed by atoms with Gasteiger partial charge in [-0.25, -0.2) is 4.98 Å². The zero-order valence-corrected chi connectivity index (χ0v) is 10.4. The van der Waals surface area contributed by atoms with Crippen LogP contribution in [0.4, 0.5) is 0 Å². The van der Waals surface area contributed by atoms with Gasteiger partial charge in [-0.3, -0.25) is 0 Å². The first-order valence-corrected chi connectivity index (χ1v) is 5.72. The lowest BCUT2D eigenvalue weighted by atomic mass is 9.87. The molecule has 0 amide bonds. The number of methoxy groups -OCH3 is 1. The molecule has 0 unspecified atom stereocenters. The van der Waals surface area contributed by atoms with Crippen molar-refractivity contribution in [2.45, 2.75) is 45.1 Å². The van der Waals surface area contributed by atoms with Gasteiger partial charge in [0.05, 0.1) is 18.8 Å². The third-order valence-corrected chi connectivity index (χ3v) is 2.64. The predicted octanol–water partition coefficient (Wildman–Crippen LogP) is 2.93. The van der Waals surface area contributed by atoms with Gasteiger partial charge in [-0.05, 0) is 24.3 Å². The van der Waals surface area contributed by atoms with Crippen molar-refractivity contribution in [2.75, 3.05) is 7.11 Å². The molecule has 88 valence electrons. The summed E-state index contributed by atoms with van der Waals surface area (Å²) in [6.07, 6.45) is 4.46.